The number of rotatable bonds is 3. The molecule has 1 aliphatic rings. The highest BCUT2D eigenvalue weighted by Gasteiger charge is 2.26. The predicted octanol–water partition coefficient (Wildman–Crippen LogP) is 2.33. The molecule has 18 heavy (non-hydrogen) atoms. The number of hydrogen-bond donors (Lipinski definition) is 2. The Hall–Kier alpha value is -0.870. The molecule has 0 spiro atoms. The summed E-state index contributed by atoms with van der Waals surface area (Å²) in [6.45, 7) is 2.02. The van der Waals surface area contributed by atoms with Crippen LogP contribution < -0.4 is 5.32 Å². The number of aryl methyl sites for hydroxylation is 1. The van der Waals surface area contributed by atoms with Gasteiger partial charge in [0.1, 0.15) is 0 Å². The number of amides is 1. The summed E-state index contributed by atoms with van der Waals surface area (Å²) < 4.78 is 1.02. The SMILES string of the molecule is Cc1ccc(CC(=O)N[C@H]2CCC[C@@H]2O)cc1Br. The van der Waals surface area contributed by atoms with E-state index in [2.05, 4.69) is 21.2 Å². The number of hydrogen-bond acceptors (Lipinski definition) is 2. The first kappa shape index (κ1) is 13.6. The molecule has 2 N–H and O–H groups in total. The van der Waals surface area contributed by atoms with E-state index in [0.29, 0.717) is 6.42 Å². The van der Waals surface area contributed by atoms with E-state index in [1.54, 1.807) is 0 Å². The van der Waals surface area contributed by atoms with Crippen LogP contribution in [0.5, 0.6) is 0 Å². The van der Waals surface area contributed by atoms with Gasteiger partial charge in [0.15, 0.2) is 0 Å². The second kappa shape index (κ2) is 5.85. The number of aliphatic hydroxyl groups is 1. The lowest BCUT2D eigenvalue weighted by molar-refractivity contribution is -0.121. The third kappa shape index (κ3) is 3.33. The molecule has 0 heterocycles. The van der Waals surface area contributed by atoms with E-state index in [1.807, 2.05) is 25.1 Å². The van der Waals surface area contributed by atoms with E-state index in [9.17, 15) is 9.90 Å². The minimum absolute atomic E-state index is 0.0169. The van der Waals surface area contributed by atoms with Crippen molar-refractivity contribution in [3.63, 3.8) is 0 Å². The van der Waals surface area contributed by atoms with Gasteiger partial charge in [-0.3, -0.25) is 4.79 Å². The first-order valence-electron chi connectivity index (χ1n) is 6.28. The van der Waals surface area contributed by atoms with Gasteiger partial charge in [-0.2, -0.15) is 0 Å². The van der Waals surface area contributed by atoms with Crippen molar-refractivity contribution in [2.75, 3.05) is 0 Å². The van der Waals surface area contributed by atoms with Gasteiger partial charge >= 0.3 is 0 Å². The van der Waals surface area contributed by atoms with E-state index < -0.39 is 0 Å². The Labute approximate surface area is 116 Å². The molecule has 0 aromatic heterocycles. The summed E-state index contributed by atoms with van der Waals surface area (Å²) >= 11 is 3.46. The van der Waals surface area contributed by atoms with Crippen molar-refractivity contribution < 1.29 is 9.90 Å². The van der Waals surface area contributed by atoms with Crippen molar-refractivity contribution in [1.29, 1.82) is 0 Å². The van der Waals surface area contributed by atoms with Gasteiger partial charge in [0.05, 0.1) is 18.6 Å². The molecule has 1 aliphatic carbocycles. The molecule has 1 aromatic carbocycles. The van der Waals surface area contributed by atoms with Gasteiger partial charge in [-0.1, -0.05) is 28.1 Å². The molecule has 2 rings (SSSR count). The van der Waals surface area contributed by atoms with Gasteiger partial charge in [-0.25, -0.2) is 0 Å². The molecule has 0 saturated heterocycles. The van der Waals surface area contributed by atoms with Crippen LogP contribution >= 0.6 is 15.9 Å². The van der Waals surface area contributed by atoms with Crippen LogP contribution in [-0.4, -0.2) is 23.2 Å². The molecule has 4 heteroatoms. The Morgan fingerprint density at radius 3 is 2.89 bits per heavy atom. The van der Waals surface area contributed by atoms with Gasteiger partial charge < -0.3 is 10.4 Å². The summed E-state index contributed by atoms with van der Waals surface area (Å²) in [7, 11) is 0. The molecule has 3 nitrogen and oxygen atoms in total. The summed E-state index contributed by atoms with van der Waals surface area (Å²) in [6, 6.07) is 5.87. The van der Waals surface area contributed by atoms with E-state index in [0.717, 1.165) is 34.9 Å². The lowest BCUT2D eigenvalue weighted by Gasteiger charge is -2.16. The molecule has 98 valence electrons. The number of nitrogens with one attached hydrogen (secondary N) is 1. The highest BCUT2D eigenvalue weighted by molar-refractivity contribution is 9.10. The summed E-state index contributed by atoms with van der Waals surface area (Å²) in [6.07, 6.45) is 2.65. The van der Waals surface area contributed by atoms with Crippen LogP contribution in [0.15, 0.2) is 22.7 Å². The fourth-order valence-electron chi connectivity index (χ4n) is 2.30. The Morgan fingerprint density at radius 2 is 2.28 bits per heavy atom. The number of benzene rings is 1. The molecule has 1 amide bonds. The van der Waals surface area contributed by atoms with Gasteiger partial charge in [0.2, 0.25) is 5.91 Å². The Balaban J connectivity index is 1.92. The van der Waals surface area contributed by atoms with Crippen LogP contribution in [0.3, 0.4) is 0 Å². The molecular weight excluding hydrogens is 294 g/mol. The van der Waals surface area contributed by atoms with E-state index in [4.69, 9.17) is 0 Å². The van der Waals surface area contributed by atoms with Crippen LogP contribution in [0.2, 0.25) is 0 Å². The smallest absolute Gasteiger partial charge is 0.224 e. The zero-order valence-corrected chi connectivity index (χ0v) is 12.0. The fourth-order valence-corrected chi connectivity index (χ4v) is 2.72. The van der Waals surface area contributed by atoms with Crippen molar-refractivity contribution >= 4 is 21.8 Å². The minimum Gasteiger partial charge on any atom is -0.391 e. The average molecular weight is 312 g/mol. The largest absolute Gasteiger partial charge is 0.391 e. The van der Waals surface area contributed by atoms with Gasteiger partial charge in [0, 0.05) is 4.47 Å². The second-order valence-electron chi connectivity index (χ2n) is 4.93. The zero-order valence-electron chi connectivity index (χ0n) is 10.4. The van der Waals surface area contributed by atoms with E-state index in [1.165, 1.54) is 0 Å². The molecular formula is C14H18BrNO2. The third-order valence-electron chi connectivity index (χ3n) is 3.43. The molecule has 0 bridgehead atoms. The van der Waals surface area contributed by atoms with E-state index in [-0.39, 0.29) is 18.1 Å². The summed E-state index contributed by atoms with van der Waals surface area (Å²) in [5.41, 5.74) is 2.14. The Kier molecular flexibility index (Phi) is 4.40. The quantitative estimate of drug-likeness (QED) is 0.900. The van der Waals surface area contributed by atoms with Gasteiger partial charge in [0.25, 0.3) is 0 Å². The first-order chi connectivity index (χ1) is 8.56. The van der Waals surface area contributed by atoms with Crippen LogP contribution in [0.1, 0.15) is 30.4 Å². The maximum absolute atomic E-state index is 11.9. The standard InChI is InChI=1S/C14H18BrNO2/c1-9-5-6-10(7-11(9)15)8-14(18)16-12-3-2-4-13(12)17/h5-7,12-13,17H,2-4,8H2,1H3,(H,16,18)/t12-,13-/m0/s1. The highest BCUT2D eigenvalue weighted by atomic mass is 79.9. The molecule has 0 radical (unpaired) electrons. The van der Waals surface area contributed by atoms with Crippen molar-refractivity contribution in [3.8, 4) is 0 Å². The monoisotopic (exact) mass is 311 g/mol. The van der Waals surface area contributed by atoms with E-state index >= 15 is 0 Å². The number of halogens is 1. The summed E-state index contributed by atoms with van der Waals surface area (Å²) in [5.74, 6) is -0.0169. The topological polar surface area (TPSA) is 49.3 Å². The second-order valence-corrected chi connectivity index (χ2v) is 5.79. The lowest BCUT2D eigenvalue weighted by Crippen LogP contribution is -2.40. The number of carbonyl (C=O) groups is 1. The van der Waals surface area contributed by atoms with Crippen LogP contribution in [0, 0.1) is 6.92 Å². The van der Waals surface area contributed by atoms with Gasteiger partial charge in [-0.15, -0.1) is 0 Å². The number of aliphatic hydroxyl groups excluding tert-OH is 1. The minimum atomic E-state index is -0.376. The van der Waals surface area contributed by atoms with Crippen LogP contribution in [0.4, 0.5) is 0 Å². The summed E-state index contributed by atoms with van der Waals surface area (Å²) in [4.78, 5) is 11.9. The van der Waals surface area contributed by atoms with Crippen LogP contribution in [0.25, 0.3) is 0 Å². The van der Waals surface area contributed by atoms with Gasteiger partial charge in [-0.05, 0) is 43.4 Å². The Morgan fingerprint density at radius 1 is 1.50 bits per heavy atom. The fraction of sp³-hybridized carbons (Fsp3) is 0.500. The molecule has 2 atom stereocenters. The van der Waals surface area contributed by atoms with Crippen molar-refractivity contribution in [2.24, 2.45) is 0 Å². The maximum Gasteiger partial charge on any atom is 0.224 e. The first-order valence-corrected chi connectivity index (χ1v) is 7.08. The molecule has 0 aliphatic heterocycles. The van der Waals surface area contributed by atoms with Crippen LogP contribution in [-0.2, 0) is 11.2 Å². The molecule has 1 saturated carbocycles. The predicted molar refractivity (Wildman–Crippen MR) is 74.4 cm³/mol. The van der Waals surface area contributed by atoms with Crippen molar-refractivity contribution in [2.45, 2.75) is 44.8 Å². The normalized spacial score (nSPS) is 23.1. The van der Waals surface area contributed by atoms with Crippen molar-refractivity contribution in [1.82, 2.24) is 5.32 Å². The summed E-state index contributed by atoms with van der Waals surface area (Å²) in [5, 5.41) is 12.6. The molecule has 1 aromatic rings. The molecule has 1 fully saturated rings. The lowest BCUT2D eigenvalue weighted by atomic mass is 10.1. The average Bonchev–Trinajstić information content (AvgIpc) is 2.70. The Bertz CT molecular complexity index is 447. The molecule has 0 unspecified atom stereocenters. The third-order valence-corrected chi connectivity index (χ3v) is 4.28. The maximum atomic E-state index is 11.9. The zero-order chi connectivity index (χ0) is 13.1. The highest BCUT2D eigenvalue weighted by Crippen LogP contribution is 2.20. The number of carbonyl (C=O) groups excluding carboxylic acids is 1. The van der Waals surface area contributed by atoms with Crippen molar-refractivity contribution in [3.05, 3.63) is 33.8 Å².